The molecule has 0 spiro atoms. The number of hydrogen-bond acceptors (Lipinski definition) is 11. The first kappa shape index (κ1) is 73.4. The number of esters is 3. The van der Waals surface area contributed by atoms with E-state index in [1.54, 1.807) is 0 Å². The first-order valence-electron chi connectivity index (χ1n) is 32.3. The number of allylic oxidation sites excluding steroid dienone is 10. The van der Waals surface area contributed by atoms with Crippen molar-refractivity contribution >= 4 is 23.9 Å². The van der Waals surface area contributed by atoms with Crippen LogP contribution in [0.25, 0.3) is 0 Å². The fraction of sp³-hybridized carbons (Fsp3) is 0.791. The van der Waals surface area contributed by atoms with E-state index in [4.69, 9.17) is 23.7 Å². The van der Waals surface area contributed by atoms with Crippen molar-refractivity contribution in [3.63, 3.8) is 0 Å². The van der Waals surface area contributed by atoms with Gasteiger partial charge in [-0.1, -0.05) is 229 Å². The zero-order chi connectivity index (χ0) is 57.5. The van der Waals surface area contributed by atoms with Gasteiger partial charge in [0, 0.05) is 19.3 Å². The van der Waals surface area contributed by atoms with Gasteiger partial charge in [-0.15, -0.1) is 0 Å². The van der Waals surface area contributed by atoms with Crippen LogP contribution in [0.15, 0.2) is 60.8 Å². The molecule has 0 bridgehead atoms. The van der Waals surface area contributed by atoms with E-state index < -0.39 is 67.3 Å². The topological polar surface area (TPSA) is 175 Å². The van der Waals surface area contributed by atoms with Gasteiger partial charge in [-0.25, -0.2) is 4.79 Å². The average Bonchev–Trinajstić information content (AvgIpc) is 3.46. The third-order valence-corrected chi connectivity index (χ3v) is 14.5. The lowest BCUT2D eigenvalue weighted by molar-refractivity contribution is -0.301. The van der Waals surface area contributed by atoms with E-state index in [0.717, 1.165) is 109 Å². The fourth-order valence-electron chi connectivity index (χ4n) is 9.61. The van der Waals surface area contributed by atoms with E-state index in [9.17, 15) is 34.5 Å². The average molecular weight is 1110 g/mol. The van der Waals surface area contributed by atoms with Crippen LogP contribution in [0.4, 0.5) is 0 Å². The predicted molar refractivity (Wildman–Crippen MR) is 322 cm³/mol. The summed E-state index contributed by atoms with van der Waals surface area (Å²) in [7, 11) is 0. The number of carboxylic acids is 1. The van der Waals surface area contributed by atoms with Gasteiger partial charge in [0.2, 0.25) is 0 Å². The van der Waals surface area contributed by atoms with Crippen LogP contribution in [0.5, 0.6) is 0 Å². The molecule has 0 radical (unpaired) electrons. The highest BCUT2D eigenvalue weighted by atomic mass is 16.7. The van der Waals surface area contributed by atoms with Crippen LogP contribution in [0.3, 0.4) is 0 Å². The van der Waals surface area contributed by atoms with Crippen molar-refractivity contribution in [3.8, 4) is 0 Å². The van der Waals surface area contributed by atoms with Crippen LogP contribution in [0.2, 0.25) is 0 Å². The Labute approximate surface area is 481 Å². The van der Waals surface area contributed by atoms with Crippen LogP contribution in [-0.4, -0.2) is 89.2 Å². The number of aliphatic carboxylic acids is 1. The molecule has 0 saturated carbocycles. The van der Waals surface area contributed by atoms with E-state index in [2.05, 4.69) is 81.5 Å². The molecule has 0 aliphatic carbocycles. The molecule has 1 aliphatic heterocycles. The first-order valence-corrected chi connectivity index (χ1v) is 32.3. The predicted octanol–water partition coefficient (Wildman–Crippen LogP) is 17.1. The summed E-state index contributed by atoms with van der Waals surface area (Å²) in [6.45, 7) is 5.88. The van der Waals surface area contributed by atoms with E-state index in [0.29, 0.717) is 19.3 Å². The third-order valence-electron chi connectivity index (χ3n) is 14.5. The summed E-state index contributed by atoms with van der Waals surface area (Å²) in [5, 5.41) is 31.6. The van der Waals surface area contributed by atoms with Crippen molar-refractivity contribution in [1.29, 1.82) is 0 Å². The van der Waals surface area contributed by atoms with Crippen molar-refractivity contribution < 1.29 is 58.2 Å². The number of aliphatic hydroxyl groups excluding tert-OH is 2. The summed E-state index contributed by atoms with van der Waals surface area (Å²) in [4.78, 5) is 51.3. The molecule has 3 N–H and O–H groups in total. The number of carbonyl (C=O) groups excluding carboxylic acids is 3. The van der Waals surface area contributed by atoms with E-state index in [1.165, 1.54) is 122 Å². The van der Waals surface area contributed by atoms with Gasteiger partial charge in [0.1, 0.15) is 18.8 Å². The summed E-state index contributed by atoms with van der Waals surface area (Å²) in [6, 6.07) is 0. The molecule has 6 unspecified atom stereocenters. The van der Waals surface area contributed by atoms with Gasteiger partial charge < -0.3 is 39.0 Å². The summed E-state index contributed by atoms with van der Waals surface area (Å²) in [6.07, 6.45) is 56.1. The first-order chi connectivity index (χ1) is 38.6. The molecule has 1 fully saturated rings. The fourth-order valence-corrected chi connectivity index (χ4v) is 9.61. The van der Waals surface area contributed by atoms with Crippen molar-refractivity contribution in [1.82, 2.24) is 0 Å². The smallest absolute Gasteiger partial charge is 0.335 e. The second-order valence-corrected chi connectivity index (χ2v) is 22.0. The number of carbonyl (C=O) groups is 4. The number of hydrogen-bond donors (Lipinski definition) is 3. The molecule has 12 nitrogen and oxygen atoms in total. The van der Waals surface area contributed by atoms with Gasteiger partial charge >= 0.3 is 23.9 Å². The summed E-state index contributed by atoms with van der Waals surface area (Å²) >= 11 is 0. The maximum atomic E-state index is 13.2. The van der Waals surface area contributed by atoms with Gasteiger partial charge in [-0.2, -0.15) is 0 Å². The second-order valence-electron chi connectivity index (χ2n) is 22.0. The van der Waals surface area contributed by atoms with Crippen molar-refractivity contribution in [3.05, 3.63) is 60.8 Å². The quantitative estimate of drug-likeness (QED) is 0.0228. The summed E-state index contributed by atoms with van der Waals surface area (Å²) in [5.41, 5.74) is 0. The monoisotopic (exact) mass is 1110 g/mol. The molecule has 1 aliphatic rings. The number of ether oxygens (including phenoxy) is 5. The van der Waals surface area contributed by atoms with Gasteiger partial charge in [0.15, 0.2) is 24.6 Å². The van der Waals surface area contributed by atoms with Crippen LogP contribution < -0.4 is 0 Å². The van der Waals surface area contributed by atoms with E-state index in [-0.39, 0.29) is 25.9 Å². The number of aliphatic hydroxyl groups is 2. The molecule has 12 heteroatoms. The molecular formula is C67H116O12. The normalized spacial score (nSPS) is 18.2. The van der Waals surface area contributed by atoms with Crippen LogP contribution in [0.1, 0.15) is 290 Å². The summed E-state index contributed by atoms with van der Waals surface area (Å²) in [5.74, 6) is -3.14. The zero-order valence-electron chi connectivity index (χ0n) is 50.4. The molecule has 456 valence electrons. The lowest BCUT2D eigenvalue weighted by atomic mass is 9.98. The van der Waals surface area contributed by atoms with Crippen molar-refractivity contribution in [2.24, 2.45) is 0 Å². The Balaban J connectivity index is 2.66. The van der Waals surface area contributed by atoms with Crippen LogP contribution in [-0.2, 0) is 42.9 Å². The second kappa shape index (κ2) is 55.0. The summed E-state index contributed by atoms with van der Waals surface area (Å²) < 4.78 is 28.5. The minimum absolute atomic E-state index is 0.0485. The molecule has 0 amide bonds. The van der Waals surface area contributed by atoms with Gasteiger partial charge in [0.05, 0.1) is 6.61 Å². The highest BCUT2D eigenvalue weighted by Gasteiger charge is 2.50. The van der Waals surface area contributed by atoms with E-state index >= 15 is 0 Å². The number of carboxylic acid groups (broad SMARTS) is 1. The number of unbranched alkanes of at least 4 members (excludes halogenated alkanes) is 31. The highest BCUT2D eigenvalue weighted by Crippen LogP contribution is 2.27. The minimum Gasteiger partial charge on any atom is -0.479 e. The Morgan fingerprint density at radius 1 is 0.430 bits per heavy atom. The molecular weight excluding hydrogens is 997 g/mol. The molecule has 0 aromatic rings. The van der Waals surface area contributed by atoms with Crippen LogP contribution in [0, 0.1) is 0 Å². The molecule has 1 saturated heterocycles. The van der Waals surface area contributed by atoms with E-state index in [1.807, 2.05) is 0 Å². The third kappa shape index (κ3) is 44.7. The van der Waals surface area contributed by atoms with Crippen molar-refractivity contribution in [2.45, 2.75) is 327 Å². The molecule has 1 heterocycles. The Hall–Kier alpha value is -3.58. The Morgan fingerprint density at radius 2 is 0.797 bits per heavy atom. The molecule has 6 atom stereocenters. The maximum Gasteiger partial charge on any atom is 0.335 e. The standard InChI is InChI=1S/C67H116O12/c1-4-7-10-13-16-19-22-25-28-29-30-31-34-35-38-41-44-47-50-53-59(68)75-56-58(77-60(69)54-51-48-45-42-39-36-32-26-23-20-17-14-11-8-5-2)57-76-67-65(63(72)62(71)64(79-67)66(73)74)78-61(70)55-52-49-46-43-40-37-33-27-24-21-18-15-12-9-6-3/h8,11,17,20,25-28,32-33,58,62-65,67,71-72H,4-7,9-10,12-16,18-19,21-24,29-31,34-57H2,1-3H3,(H,73,74)/b11-8-,20-17-,28-25-,32-26-,33-27-. The molecule has 79 heavy (non-hydrogen) atoms. The number of rotatable bonds is 55. The Morgan fingerprint density at radius 3 is 1.23 bits per heavy atom. The molecule has 1 rings (SSSR count). The largest absolute Gasteiger partial charge is 0.479 e. The lowest BCUT2D eigenvalue weighted by Gasteiger charge is -2.40. The maximum absolute atomic E-state index is 13.2. The molecule has 0 aromatic carbocycles. The zero-order valence-corrected chi connectivity index (χ0v) is 50.4. The Kier molecular flexibility index (Phi) is 51.1. The van der Waals surface area contributed by atoms with Gasteiger partial charge in [-0.05, 0) is 103 Å². The SMILES string of the molecule is CC/C=C\C/C=C\C/C=C\CCCCCCCC(=O)OC(COC(=O)CCCCCCCCCCC/C=C\CCCCCCCC)COC1OC(C(=O)O)C(O)C(O)C1OC(=O)CCCCCCC/C=C\CCCCCCCC. The van der Waals surface area contributed by atoms with Gasteiger partial charge in [-0.3, -0.25) is 14.4 Å². The highest BCUT2D eigenvalue weighted by molar-refractivity contribution is 5.74. The van der Waals surface area contributed by atoms with Crippen LogP contribution >= 0.6 is 0 Å². The minimum atomic E-state index is -1.91. The lowest BCUT2D eigenvalue weighted by Crippen LogP contribution is -2.61. The van der Waals surface area contributed by atoms with Gasteiger partial charge in [0.25, 0.3) is 0 Å². The van der Waals surface area contributed by atoms with Crippen molar-refractivity contribution in [2.75, 3.05) is 13.2 Å². The molecule has 0 aromatic heterocycles. The Bertz CT molecular complexity index is 1600.